The maximum Gasteiger partial charge on any atom is 0.185 e. The van der Waals surface area contributed by atoms with E-state index in [4.69, 9.17) is 4.98 Å². The lowest BCUT2D eigenvalue weighted by Crippen LogP contribution is -2.40. The van der Waals surface area contributed by atoms with Gasteiger partial charge in [0.2, 0.25) is 0 Å². The van der Waals surface area contributed by atoms with E-state index in [9.17, 15) is 0 Å². The van der Waals surface area contributed by atoms with E-state index in [1.807, 2.05) is 7.05 Å². The lowest BCUT2D eigenvalue weighted by Gasteiger charge is -2.36. The van der Waals surface area contributed by atoms with E-state index in [-0.39, 0.29) is 0 Å². The van der Waals surface area contributed by atoms with Gasteiger partial charge in [-0.15, -0.1) is 11.3 Å². The van der Waals surface area contributed by atoms with Crippen molar-refractivity contribution in [3.05, 3.63) is 11.1 Å². The molecule has 0 saturated carbocycles. The first-order chi connectivity index (χ1) is 8.11. The number of aromatic nitrogens is 1. The van der Waals surface area contributed by atoms with Crippen LogP contribution < -0.4 is 10.2 Å². The second-order valence-corrected chi connectivity index (χ2v) is 6.07. The van der Waals surface area contributed by atoms with Crippen molar-refractivity contribution < 1.29 is 0 Å². The average Bonchev–Trinajstić information content (AvgIpc) is 2.77. The van der Waals surface area contributed by atoms with Crippen LogP contribution in [0.4, 0.5) is 5.13 Å². The summed E-state index contributed by atoms with van der Waals surface area (Å²) in [5, 5.41) is 6.62. The van der Waals surface area contributed by atoms with Gasteiger partial charge in [-0.2, -0.15) is 0 Å². The van der Waals surface area contributed by atoms with Gasteiger partial charge < -0.3 is 10.2 Å². The summed E-state index contributed by atoms with van der Waals surface area (Å²) >= 11 is 1.78. The molecule has 3 unspecified atom stereocenters. The minimum atomic E-state index is 0.346. The van der Waals surface area contributed by atoms with E-state index in [0.29, 0.717) is 12.1 Å². The lowest BCUT2D eigenvalue weighted by atomic mass is 9.94. The molecule has 1 fully saturated rings. The summed E-state index contributed by atoms with van der Waals surface area (Å²) in [6.07, 6.45) is 2.58. The van der Waals surface area contributed by atoms with E-state index < -0.39 is 0 Å². The van der Waals surface area contributed by atoms with Crippen molar-refractivity contribution in [2.75, 3.05) is 18.5 Å². The molecule has 0 radical (unpaired) electrons. The molecule has 4 heteroatoms. The molecule has 2 rings (SSSR count). The molecule has 0 aliphatic carbocycles. The van der Waals surface area contributed by atoms with Gasteiger partial charge in [-0.05, 0) is 39.7 Å². The van der Waals surface area contributed by atoms with Crippen molar-refractivity contribution in [3.63, 3.8) is 0 Å². The summed E-state index contributed by atoms with van der Waals surface area (Å²) in [5.74, 6) is 0.858. The van der Waals surface area contributed by atoms with Gasteiger partial charge in [0, 0.05) is 24.0 Å². The van der Waals surface area contributed by atoms with Crippen LogP contribution in [-0.2, 0) is 0 Å². The van der Waals surface area contributed by atoms with E-state index in [1.54, 1.807) is 11.3 Å². The first-order valence-electron chi connectivity index (χ1n) is 6.51. The molecule has 0 amide bonds. The molecular weight excluding hydrogens is 230 g/mol. The molecule has 1 N–H and O–H groups in total. The van der Waals surface area contributed by atoms with Crippen molar-refractivity contribution in [2.45, 2.75) is 45.7 Å². The van der Waals surface area contributed by atoms with Gasteiger partial charge in [0.15, 0.2) is 5.13 Å². The number of hydrogen-bond donors (Lipinski definition) is 1. The van der Waals surface area contributed by atoms with Crippen LogP contribution in [0.15, 0.2) is 5.38 Å². The highest BCUT2D eigenvalue weighted by atomic mass is 32.1. The van der Waals surface area contributed by atoms with Gasteiger partial charge in [0.05, 0.1) is 5.69 Å². The first-order valence-corrected chi connectivity index (χ1v) is 7.39. The van der Waals surface area contributed by atoms with Crippen molar-refractivity contribution in [3.8, 4) is 0 Å². The summed E-state index contributed by atoms with van der Waals surface area (Å²) in [6, 6.07) is 0.974. The second kappa shape index (κ2) is 5.36. The predicted molar refractivity (Wildman–Crippen MR) is 74.8 cm³/mol. The molecular formula is C13H23N3S. The van der Waals surface area contributed by atoms with Crippen LogP contribution in [-0.4, -0.2) is 24.6 Å². The maximum atomic E-state index is 4.76. The van der Waals surface area contributed by atoms with Gasteiger partial charge in [-0.1, -0.05) is 6.92 Å². The summed E-state index contributed by atoms with van der Waals surface area (Å²) in [6.45, 7) is 7.98. The molecule has 1 aliphatic rings. The van der Waals surface area contributed by atoms with E-state index in [2.05, 4.69) is 36.4 Å². The third-order valence-electron chi connectivity index (χ3n) is 3.77. The molecule has 17 heavy (non-hydrogen) atoms. The highest BCUT2D eigenvalue weighted by molar-refractivity contribution is 7.13. The maximum absolute atomic E-state index is 4.76. The van der Waals surface area contributed by atoms with Crippen LogP contribution in [0, 0.1) is 5.92 Å². The van der Waals surface area contributed by atoms with Crippen molar-refractivity contribution in [2.24, 2.45) is 5.92 Å². The molecule has 1 aliphatic heterocycles. The summed E-state index contributed by atoms with van der Waals surface area (Å²) in [7, 11) is 1.98. The van der Waals surface area contributed by atoms with Crippen molar-refractivity contribution in [1.82, 2.24) is 10.3 Å². The smallest absolute Gasteiger partial charge is 0.185 e. The Morgan fingerprint density at radius 2 is 2.29 bits per heavy atom. The number of nitrogens with one attached hydrogen (secondary N) is 1. The van der Waals surface area contributed by atoms with Crippen molar-refractivity contribution >= 4 is 16.5 Å². The minimum absolute atomic E-state index is 0.346. The highest BCUT2D eigenvalue weighted by Crippen LogP contribution is 2.31. The van der Waals surface area contributed by atoms with Gasteiger partial charge in [-0.3, -0.25) is 0 Å². The molecule has 3 atom stereocenters. The zero-order chi connectivity index (χ0) is 12.4. The van der Waals surface area contributed by atoms with Crippen LogP contribution in [0.3, 0.4) is 0 Å². The standard InChI is InChI=1S/C13H23N3S/c1-9-5-6-16(10(2)7-9)13-15-12(8-17-13)11(3)14-4/h8-11,14H,5-7H2,1-4H3. The molecule has 0 spiro atoms. The van der Waals surface area contributed by atoms with Crippen LogP contribution in [0.5, 0.6) is 0 Å². The zero-order valence-electron chi connectivity index (χ0n) is 11.2. The fraction of sp³-hybridized carbons (Fsp3) is 0.769. The third kappa shape index (κ3) is 2.80. The number of anilines is 1. The monoisotopic (exact) mass is 253 g/mol. The Morgan fingerprint density at radius 1 is 1.53 bits per heavy atom. The van der Waals surface area contributed by atoms with Gasteiger partial charge in [0.25, 0.3) is 0 Å². The van der Waals surface area contributed by atoms with Gasteiger partial charge >= 0.3 is 0 Å². The average molecular weight is 253 g/mol. The number of nitrogens with zero attached hydrogens (tertiary/aromatic N) is 2. The number of rotatable bonds is 3. The van der Waals surface area contributed by atoms with Gasteiger partial charge in [-0.25, -0.2) is 4.98 Å². The number of hydrogen-bond acceptors (Lipinski definition) is 4. The Hall–Kier alpha value is -0.610. The fourth-order valence-corrected chi connectivity index (χ4v) is 3.49. The van der Waals surface area contributed by atoms with Crippen molar-refractivity contribution in [1.29, 1.82) is 0 Å². The quantitative estimate of drug-likeness (QED) is 0.897. The second-order valence-electron chi connectivity index (χ2n) is 5.24. The third-order valence-corrected chi connectivity index (χ3v) is 4.67. The highest BCUT2D eigenvalue weighted by Gasteiger charge is 2.25. The Kier molecular flexibility index (Phi) is 4.05. The number of piperidine rings is 1. The molecule has 1 aromatic rings. The zero-order valence-corrected chi connectivity index (χ0v) is 12.0. The van der Waals surface area contributed by atoms with Gasteiger partial charge in [0.1, 0.15) is 0 Å². The molecule has 1 saturated heterocycles. The summed E-state index contributed by atoms with van der Waals surface area (Å²) < 4.78 is 0. The number of thiazole rings is 1. The Morgan fingerprint density at radius 3 is 2.94 bits per heavy atom. The Labute approximate surface area is 108 Å². The summed E-state index contributed by atoms with van der Waals surface area (Å²) in [4.78, 5) is 7.23. The Bertz CT molecular complexity index is 363. The summed E-state index contributed by atoms with van der Waals surface area (Å²) in [5.41, 5.74) is 1.17. The topological polar surface area (TPSA) is 28.2 Å². The normalized spacial score (nSPS) is 27.2. The van der Waals surface area contributed by atoms with Crippen LogP contribution in [0.25, 0.3) is 0 Å². The van der Waals surface area contributed by atoms with Crippen LogP contribution in [0.2, 0.25) is 0 Å². The fourth-order valence-electron chi connectivity index (χ4n) is 2.45. The largest absolute Gasteiger partial charge is 0.345 e. The molecule has 2 heterocycles. The molecule has 0 bridgehead atoms. The molecule has 96 valence electrons. The predicted octanol–water partition coefficient (Wildman–Crippen LogP) is 3.05. The molecule has 1 aromatic heterocycles. The van der Waals surface area contributed by atoms with E-state index >= 15 is 0 Å². The SMILES string of the molecule is CNC(C)c1csc(N2CCC(C)CC2C)n1. The van der Waals surface area contributed by atoms with Crippen LogP contribution in [0.1, 0.15) is 45.3 Å². The first kappa shape index (κ1) is 12.8. The minimum Gasteiger partial charge on any atom is -0.345 e. The van der Waals surface area contributed by atoms with Crippen LogP contribution >= 0.6 is 11.3 Å². The molecule has 3 nitrogen and oxygen atoms in total. The van der Waals surface area contributed by atoms with E-state index in [1.165, 1.54) is 23.7 Å². The Balaban J connectivity index is 2.09. The molecule has 0 aromatic carbocycles. The van der Waals surface area contributed by atoms with E-state index in [0.717, 1.165) is 12.5 Å². The lowest BCUT2D eigenvalue weighted by molar-refractivity contribution is 0.377.